The second kappa shape index (κ2) is 10.7. The van der Waals surface area contributed by atoms with Gasteiger partial charge in [-0.15, -0.1) is 0 Å². The van der Waals surface area contributed by atoms with Crippen molar-refractivity contribution in [3.05, 3.63) is 30.0 Å². The Balaban J connectivity index is 1.67. The van der Waals surface area contributed by atoms with Crippen LogP contribution in [0.4, 0.5) is 16.3 Å². The van der Waals surface area contributed by atoms with E-state index in [1.807, 2.05) is 4.90 Å². The Kier molecular flexibility index (Phi) is 7.45. The van der Waals surface area contributed by atoms with Crippen molar-refractivity contribution in [2.24, 2.45) is 5.92 Å². The van der Waals surface area contributed by atoms with E-state index in [-0.39, 0.29) is 35.0 Å². The van der Waals surface area contributed by atoms with Crippen molar-refractivity contribution in [3.63, 3.8) is 0 Å². The molecule has 0 unspecified atom stereocenters. The van der Waals surface area contributed by atoms with Gasteiger partial charge >= 0.3 is 6.03 Å². The van der Waals surface area contributed by atoms with E-state index in [2.05, 4.69) is 20.6 Å². The molecule has 3 heterocycles. The van der Waals surface area contributed by atoms with Gasteiger partial charge in [-0.25, -0.2) is 14.8 Å². The summed E-state index contributed by atoms with van der Waals surface area (Å²) in [5.74, 6) is 0.582. The van der Waals surface area contributed by atoms with E-state index >= 15 is 0 Å². The molecule has 2 aliphatic rings. The zero-order valence-electron chi connectivity index (χ0n) is 20.0. The number of nitrogens with one attached hydrogen (secondary N) is 3. The summed E-state index contributed by atoms with van der Waals surface area (Å²) in [6.07, 6.45) is 1.29. The van der Waals surface area contributed by atoms with Crippen LogP contribution in [-0.4, -0.2) is 84.1 Å². The van der Waals surface area contributed by atoms with Gasteiger partial charge in [0, 0.05) is 57.3 Å². The smallest absolute Gasteiger partial charge is 0.318 e. The highest BCUT2D eigenvalue weighted by Crippen LogP contribution is 2.34. The highest BCUT2D eigenvalue weighted by Gasteiger charge is 2.30. The highest BCUT2D eigenvalue weighted by atomic mass is 16.5. The van der Waals surface area contributed by atoms with Gasteiger partial charge in [-0.3, -0.25) is 4.79 Å². The number of nitrogens with zero attached hydrogens (tertiary/aromatic N) is 4. The molecule has 0 bridgehead atoms. The molecule has 3 amide bonds. The van der Waals surface area contributed by atoms with Crippen molar-refractivity contribution < 1.29 is 19.4 Å². The van der Waals surface area contributed by atoms with Crippen LogP contribution in [0.1, 0.15) is 25.5 Å². The number of hydrogen-bond acceptors (Lipinski definition) is 8. The van der Waals surface area contributed by atoms with Gasteiger partial charge in [-0.2, -0.15) is 0 Å². The normalized spacial score (nSPS) is 16.6. The van der Waals surface area contributed by atoms with Gasteiger partial charge in [0.25, 0.3) is 0 Å². The number of piperidine rings is 1. The predicted octanol–water partition coefficient (Wildman–Crippen LogP) is 2.06. The SMILES string of the molecule is CNC(=O)Nc1ccc(-c2nc(C(=N)C3CCN(C(C)=O)CC3)c(O)c(N3CCOCC3)n2)cc1. The number of hydrogen-bond donors (Lipinski definition) is 4. The van der Waals surface area contributed by atoms with E-state index in [0.717, 1.165) is 0 Å². The first-order valence-corrected chi connectivity index (χ1v) is 11.7. The van der Waals surface area contributed by atoms with Crippen LogP contribution in [0.15, 0.2) is 24.3 Å². The molecule has 1 aromatic heterocycles. The molecule has 11 heteroatoms. The molecular formula is C24H31N7O4. The Morgan fingerprint density at radius 2 is 1.74 bits per heavy atom. The minimum absolute atomic E-state index is 0.0334. The summed E-state index contributed by atoms with van der Waals surface area (Å²) in [5.41, 5.74) is 1.78. The standard InChI is InChI=1S/C24H31N7O4/c1-15(32)30-9-7-16(8-10-30)19(25)20-21(33)23(31-11-13-35-14-12-31)29-22(28-20)17-3-5-18(6-4-17)27-24(34)26-2/h3-6,16,25,33H,7-14H2,1-2H3,(H2,26,27,34). The third-order valence-corrected chi connectivity index (χ3v) is 6.41. The van der Waals surface area contributed by atoms with Crippen molar-refractivity contribution >= 4 is 29.2 Å². The Labute approximate surface area is 204 Å². The Bertz CT molecular complexity index is 1090. The fourth-order valence-corrected chi connectivity index (χ4v) is 4.33. The van der Waals surface area contributed by atoms with Crippen LogP contribution in [0.3, 0.4) is 0 Å². The molecule has 0 saturated carbocycles. The minimum Gasteiger partial charge on any atom is -0.503 e. The van der Waals surface area contributed by atoms with Gasteiger partial charge in [0.15, 0.2) is 17.4 Å². The molecule has 2 aliphatic heterocycles. The summed E-state index contributed by atoms with van der Waals surface area (Å²) in [4.78, 5) is 36.3. The minimum atomic E-state index is -0.320. The number of urea groups is 1. The largest absolute Gasteiger partial charge is 0.503 e. The summed E-state index contributed by atoms with van der Waals surface area (Å²) in [5, 5.41) is 25.3. The molecule has 4 rings (SSSR count). The fraction of sp³-hybridized carbons (Fsp3) is 0.458. The summed E-state index contributed by atoms with van der Waals surface area (Å²) >= 11 is 0. The number of likely N-dealkylation sites (tertiary alicyclic amines) is 1. The van der Waals surface area contributed by atoms with Crippen LogP contribution in [0, 0.1) is 11.3 Å². The first-order chi connectivity index (χ1) is 16.9. The van der Waals surface area contributed by atoms with Gasteiger partial charge in [-0.1, -0.05) is 0 Å². The topological polar surface area (TPSA) is 144 Å². The molecule has 0 aliphatic carbocycles. The van der Waals surface area contributed by atoms with Gasteiger partial charge < -0.3 is 35.7 Å². The van der Waals surface area contributed by atoms with Crippen molar-refractivity contribution in [2.75, 3.05) is 56.7 Å². The van der Waals surface area contributed by atoms with E-state index < -0.39 is 0 Å². The second-order valence-corrected chi connectivity index (χ2v) is 8.64. The Morgan fingerprint density at radius 1 is 1.09 bits per heavy atom. The zero-order valence-corrected chi connectivity index (χ0v) is 20.0. The van der Waals surface area contributed by atoms with Crippen molar-refractivity contribution in [3.8, 4) is 17.1 Å². The lowest BCUT2D eigenvalue weighted by molar-refractivity contribution is -0.129. The lowest BCUT2D eigenvalue weighted by atomic mass is 9.89. The van der Waals surface area contributed by atoms with Crippen molar-refractivity contribution in [1.82, 2.24) is 20.2 Å². The predicted molar refractivity (Wildman–Crippen MR) is 132 cm³/mol. The number of ether oxygens (including phenoxy) is 1. The molecule has 0 radical (unpaired) electrons. The number of benzene rings is 1. The molecule has 0 atom stereocenters. The van der Waals surface area contributed by atoms with Gasteiger partial charge in [-0.05, 0) is 37.1 Å². The lowest BCUT2D eigenvalue weighted by Crippen LogP contribution is -2.39. The van der Waals surface area contributed by atoms with Gasteiger partial charge in [0.2, 0.25) is 5.91 Å². The number of carbonyl (C=O) groups excluding carboxylic acids is 2. The van der Waals surface area contributed by atoms with E-state index in [9.17, 15) is 14.7 Å². The number of morpholine rings is 1. The van der Waals surface area contributed by atoms with Crippen LogP contribution in [0.2, 0.25) is 0 Å². The molecule has 2 saturated heterocycles. The number of amides is 3. The average molecular weight is 482 g/mol. The molecule has 11 nitrogen and oxygen atoms in total. The summed E-state index contributed by atoms with van der Waals surface area (Å²) in [6.45, 7) is 4.90. The summed E-state index contributed by atoms with van der Waals surface area (Å²) in [7, 11) is 1.54. The first-order valence-electron chi connectivity index (χ1n) is 11.7. The number of rotatable bonds is 5. The maximum atomic E-state index is 11.7. The maximum absolute atomic E-state index is 11.7. The highest BCUT2D eigenvalue weighted by molar-refractivity contribution is 6.02. The molecular weight excluding hydrogens is 450 g/mol. The fourth-order valence-electron chi connectivity index (χ4n) is 4.33. The molecule has 2 aromatic rings. The quantitative estimate of drug-likeness (QED) is 0.479. The van der Waals surface area contributed by atoms with Gasteiger partial charge in [0.1, 0.15) is 5.69 Å². The number of aromatic nitrogens is 2. The summed E-state index contributed by atoms with van der Waals surface area (Å²) < 4.78 is 5.45. The summed E-state index contributed by atoms with van der Waals surface area (Å²) in [6, 6.07) is 6.76. The monoisotopic (exact) mass is 481 g/mol. The maximum Gasteiger partial charge on any atom is 0.318 e. The van der Waals surface area contributed by atoms with Crippen LogP contribution < -0.4 is 15.5 Å². The second-order valence-electron chi connectivity index (χ2n) is 8.64. The molecule has 0 spiro atoms. The molecule has 4 N–H and O–H groups in total. The van der Waals surface area contributed by atoms with Crippen LogP contribution in [0.25, 0.3) is 11.4 Å². The van der Waals surface area contributed by atoms with Crippen LogP contribution >= 0.6 is 0 Å². The van der Waals surface area contributed by atoms with Crippen molar-refractivity contribution in [1.29, 1.82) is 5.41 Å². The molecule has 1 aromatic carbocycles. The van der Waals surface area contributed by atoms with Gasteiger partial charge in [0.05, 0.1) is 18.9 Å². The number of aromatic hydroxyl groups is 1. The average Bonchev–Trinajstić information content (AvgIpc) is 2.89. The molecule has 35 heavy (non-hydrogen) atoms. The first kappa shape index (κ1) is 24.4. The Hall–Kier alpha value is -3.73. The van der Waals surface area contributed by atoms with E-state index in [1.54, 1.807) is 43.1 Å². The number of anilines is 2. The Morgan fingerprint density at radius 3 is 2.34 bits per heavy atom. The number of carbonyl (C=O) groups is 2. The third-order valence-electron chi connectivity index (χ3n) is 6.41. The van der Waals surface area contributed by atoms with Crippen LogP contribution in [-0.2, 0) is 9.53 Å². The zero-order chi connectivity index (χ0) is 24.9. The van der Waals surface area contributed by atoms with E-state index in [4.69, 9.17) is 10.1 Å². The van der Waals surface area contributed by atoms with E-state index in [1.165, 1.54) is 0 Å². The van der Waals surface area contributed by atoms with E-state index in [0.29, 0.717) is 75.1 Å². The lowest BCUT2D eigenvalue weighted by Gasteiger charge is -2.32. The molecule has 186 valence electrons. The third kappa shape index (κ3) is 5.51. The van der Waals surface area contributed by atoms with Crippen molar-refractivity contribution in [2.45, 2.75) is 19.8 Å². The molecule has 2 fully saturated rings. The van der Waals surface area contributed by atoms with Crippen LogP contribution in [0.5, 0.6) is 5.75 Å².